The summed E-state index contributed by atoms with van der Waals surface area (Å²) in [5.41, 5.74) is 1.80. The van der Waals surface area contributed by atoms with Crippen molar-refractivity contribution in [3.05, 3.63) is 52.2 Å². The summed E-state index contributed by atoms with van der Waals surface area (Å²) in [4.78, 5) is 13.6. The molecule has 1 aliphatic heterocycles. The van der Waals surface area contributed by atoms with Gasteiger partial charge >= 0.3 is 5.97 Å². The van der Waals surface area contributed by atoms with Crippen LogP contribution in [-0.4, -0.2) is 26.0 Å². The second-order valence-electron chi connectivity index (χ2n) is 5.83. The molecule has 2 heterocycles. The largest absolute Gasteiger partial charge is 0.468 e. The zero-order valence-electron chi connectivity index (χ0n) is 14.4. The summed E-state index contributed by atoms with van der Waals surface area (Å²) in [6, 6.07) is 11.7. The number of esters is 1. The smallest absolute Gasteiger partial charge is 0.319 e. The topological polar surface area (TPSA) is 44.8 Å². The van der Waals surface area contributed by atoms with Crippen molar-refractivity contribution < 1.29 is 19.0 Å². The van der Waals surface area contributed by atoms with Crippen LogP contribution in [0.1, 0.15) is 30.2 Å². The molecule has 1 aromatic carbocycles. The zero-order valence-corrected chi connectivity index (χ0v) is 15.3. The van der Waals surface area contributed by atoms with E-state index in [9.17, 15) is 4.79 Å². The first-order valence-electron chi connectivity index (χ1n) is 8.45. The number of hydrogen-bond acceptors (Lipinski definition) is 5. The Bertz CT molecular complexity index is 736. The predicted octanol–water partition coefficient (Wildman–Crippen LogP) is 4.61. The molecule has 4 nitrogen and oxygen atoms in total. The Morgan fingerprint density at radius 1 is 1.24 bits per heavy atom. The van der Waals surface area contributed by atoms with Crippen LogP contribution < -0.4 is 4.74 Å². The van der Waals surface area contributed by atoms with E-state index in [1.54, 1.807) is 11.3 Å². The summed E-state index contributed by atoms with van der Waals surface area (Å²) in [6.45, 7) is 2.63. The highest BCUT2D eigenvalue weighted by molar-refractivity contribution is 7.11. The molecule has 2 aromatic rings. The van der Waals surface area contributed by atoms with Crippen LogP contribution in [0.25, 0.3) is 11.6 Å². The molecular weight excluding hydrogens is 336 g/mol. The molecule has 2 atom stereocenters. The molecular formula is C20H22O4S. The molecule has 5 heteroatoms. The Hall–Kier alpha value is -2.11. The van der Waals surface area contributed by atoms with Gasteiger partial charge in [0.15, 0.2) is 0 Å². The first-order chi connectivity index (χ1) is 12.2. The Kier molecular flexibility index (Phi) is 5.89. The number of thiophene rings is 1. The number of para-hydroxylation sites is 1. The second kappa shape index (κ2) is 8.32. The molecule has 0 unspecified atom stereocenters. The van der Waals surface area contributed by atoms with E-state index in [4.69, 9.17) is 14.2 Å². The van der Waals surface area contributed by atoms with E-state index < -0.39 is 12.2 Å². The minimum atomic E-state index is -0.712. The monoisotopic (exact) mass is 358 g/mol. The SMILES string of the molecule is CCCCO[C@H]1Oc2ccccc2C=C(c2cccs2)[C@@H]1C(=O)OC. The normalized spacial score (nSPS) is 19.4. The van der Waals surface area contributed by atoms with Gasteiger partial charge in [0.25, 0.3) is 0 Å². The Labute approximate surface area is 152 Å². The van der Waals surface area contributed by atoms with E-state index in [1.165, 1.54) is 7.11 Å². The lowest BCUT2D eigenvalue weighted by atomic mass is 9.95. The number of rotatable bonds is 6. The van der Waals surface area contributed by atoms with Crippen LogP contribution in [0.3, 0.4) is 0 Å². The molecule has 3 rings (SSSR count). The molecule has 0 spiro atoms. The summed E-state index contributed by atoms with van der Waals surface area (Å²) in [7, 11) is 1.40. The molecule has 1 aliphatic rings. The first-order valence-corrected chi connectivity index (χ1v) is 9.33. The summed E-state index contributed by atoms with van der Waals surface area (Å²) in [5, 5.41) is 2.00. The number of fused-ring (bicyclic) bond motifs is 1. The lowest BCUT2D eigenvalue weighted by Crippen LogP contribution is -2.36. The third kappa shape index (κ3) is 3.94. The molecule has 1 aromatic heterocycles. The third-order valence-corrected chi connectivity index (χ3v) is 5.04. The Morgan fingerprint density at radius 2 is 2.08 bits per heavy atom. The van der Waals surface area contributed by atoms with E-state index in [0.29, 0.717) is 12.4 Å². The van der Waals surface area contributed by atoms with Gasteiger partial charge in [-0.3, -0.25) is 4.79 Å². The van der Waals surface area contributed by atoms with Gasteiger partial charge in [-0.05, 0) is 35.6 Å². The molecule has 0 N–H and O–H groups in total. The van der Waals surface area contributed by atoms with Gasteiger partial charge in [0.05, 0.1) is 13.7 Å². The van der Waals surface area contributed by atoms with E-state index in [0.717, 1.165) is 28.9 Å². The van der Waals surface area contributed by atoms with Crippen molar-refractivity contribution in [1.29, 1.82) is 0 Å². The van der Waals surface area contributed by atoms with E-state index in [-0.39, 0.29) is 5.97 Å². The van der Waals surface area contributed by atoms with E-state index >= 15 is 0 Å². The highest BCUT2D eigenvalue weighted by Crippen LogP contribution is 2.39. The van der Waals surface area contributed by atoms with Gasteiger partial charge in [0, 0.05) is 10.4 Å². The van der Waals surface area contributed by atoms with Gasteiger partial charge in [0.2, 0.25) is 6.29 Å². The van der Waals surface area contributed by atoms with Crippen molar-refractivity contribution in [2.24, 2.45) is 5.92 Å². The van der Waals surface area contributed by atoms with Crippen molar-refractivity contribution >= 4 is 29.0 Å². The van der Waals surface area contributed by atoms with Crippen molar-refractivity contribution in [3.8, 4) is 5.75 Å². The summed E-state index contributed by atoms with van der Waals surface area (Å²) < 4.78 is 17.1. The van der Waals surface area contributed by atoms with E-state index in [1.807, 2.05) is 47.9 Å². The van der Waals surface area contributed by atoms with Crippen LogP contribution in [0.15, 0.2) is 41.8 Å². The number of unbranched alkanes of at least 4 members (excludes halogenated alkanes) is 1. The summed E-state index contributed by atoms with van der Waals surface area (Å²) in [6.07, 6.45) is 3.22. The number of hydrogen-bond donors (Lipinski definition) is 0. The number of carbonyl (C=O) groups is 1. The maximum Gasteiger partial charge on any atom is 0.319 e. The lowest BCUT2D eigenvalue weighted by molar-refractivity contribution is -0.160. The highest BCUT2D eigenvalue weighted by atomic mass is 32.1. The average Bonchev–Trinajstić information content (AvgIpc) is 3.11. The molecule has 25 heavy (non-hydrogen) atoms. The van der Waals surface area contributed by atoms with Gasteiger partial charge in [0.1, 0.15) is 11.7 Å². The molecule has 0 saturated carbocycles. The number of carbonyl (C=O) groups excluding carboxylic acids is 1. The average molecular weight is 358 g/mol. The minimum absolute atomic E-state index is 0.353. The van der Waals surface area contributed by atoms with Crippen LogP contribution in [-0.2, 0) is 14.3 Å². The molecule has 0 saturated heterocycles. The summed E-state index contributed by atoms with van der Waals surface area (Å²) >= 11 is 1.59. The predicted molar refractivity (Wildman–Crippen MR) is 99.4 cm³/mol. The minimum Gasteiger partial charge on any atom is -0.468 e. The standard InChI is InChI=1S/C20H22O4S/c1-3-4-11-23-20-18(19(21)22-2)15(17-10-7-12-25-17)13-14-8-5-6-9-16(14)24-20/h5-10,12-13,18,20H,3-4,11H2,1-2H3/t18-,20+/m1/s1. The molecule has 0 aliphatic carbocycles. The van der Waals surface area contributed by atoms with Crippen molar-refractivity contribution in [2.45, 2.75) is 26.1 Å². The van der Waals surface area contributed by atoms with Crippen molar-refractivity contribution in [1.82, 2.24) is 0 Å². The number of ether oxygens (including phenoxy) is 3. The van der Waals surface area contributed by atoms with Crippen molar-refractivity contribution in [2.75, 3.05) is 13.7 Å². The molecule has 0 amide bonds. The van der Waals surface area contributed by atoms with Crippen molar-refractivity contribution in [3.63, 3.8) is 0 Å². The number of methoxy groups -OCH3 is 1. The van der Waals surface area contributed by atoms with Gasteiger partial charge in [-0.15, -0.1) is 11.3 Å². The molecule has 0 bridgehead atoms. The van der Waals surface area contributed by atoms with Gasteiger partial charge in [-0.1, -0.05) is 37.6 Å². The first kappa shape index (κ1) is 17.7. The van der Waals surface area contributed by atoms with Crippen LogP contribution in [0.2, 0.25) is 0 Å². The molecule has 0 radical (unpaired) electrons. The molecule has 132 valence electrons. The maximum atomic E-state index is 12.6. The molecule has 0 fully saturated rings. The Balaban J connectivity index is 2.06. The number of benzene rings is 1. The van der Waals surface area contributed by atoms with Gasteiger partial charge in [-0.2, -0.15) is 0 Å². The fraction of sp³-hybridized carbons (Fsp3) is 0.350. The van der Waals surface area contributed by atoms with E-state index in [2.05, 4.69) is 6.92 Å². The lowest BCUT2D eigenvalue weighted by Gasteiger charge is -2.26. The zero-order chi connectivity index (χ0) is 17.6. The van der Waals surface area contributed by atoms with Crippen LogP contribution in [0, 0.1) is 5.92 Å². The van der Waals surface area contributed by atoms with Crippen LogP contribution >= 0.6 is 11.3 Å². The maximum absolute atomic E-state index is 12.6. The summed E-state index contributed by atoms with van der Waals surface area (Å²) in [5.74, 6) is -0.272. The fourth-order valence-electron chi connectivity index (χ4n) is 2.81. The second-order valence-corrected chi connectivity index (χ2v) is 6.77. The quantitative estimate of drug-likeness (QED) is 0.559. The Morgan fingerprint density at radius 3 is 2.80 bits per heavy atom. The van der Waals surface area contributed by atoms with Gasteiger partial charge < -0.3 is 14.2 Å². The van der Waals surface area contributed by atoms with Crippen LogP contribution in [0.5, 0.6) is 5.75 Å². The fourth-order valence-corrected chi connectivity index (χ4v) is 3.59. The highest BCUT2D eigenvalue weighted by Gasteiger charge is 2.38. The van der Waals surface area contributed by atoms with Gasteiger partial charge in [-0.25, -0.2) is 0 Å². The third-order valence-electron chi connectivity index (χ3n) is 4.12. The van der Waals surface area contributed by atoms with Crippen LogP contribution in [0.4, 0.5) is 0 Å².